The maximum atomic E-state index is 10.5. The van der Waals surface area contributed by atoms with Crippen molar-refractivity contribution in [2.24, 2.45) is 0 Å². The predicted octanol–water partition coefficient (Wildman–Crippen LogP) is 2.35. The number of benzene rings is 1. The fourth-order valence-electron chi connectivity index (χ4n) is 2.11. The van der Waals surface area contributed by atoms with Crippen LogP contribution in [0.5, 0.6) is 0 Å². The lowest BCUT2D eigenvalue weighted by Crippen LogP contribution is -2.30. The summed E-state index contributed by atoms with van der Waals surface area (Å²) in [4.78, 5) is 12.8. The van der Waals surface area contributed by atoms with Crippen molar-refractivity contribution in [2.75, 3.05) is 20.1 Å². The number of rotatable bonds is 10. The van der Waals surface area contributed by atoms with E-state index in [4.69, 9.17) is 5.11 Å². The lowest BCUT2D eigenvalue weighted by atomic mass is 10.2. The van der Waals surface area contributed by atoms with Crippen LogP contribution in [0.3, 0.4) is 0 Å². The number of aliphatic carboxylic acids is 1. The van der Waals surface area contributed by atoms with Crippen molar-refractivity contribution in [3.63, 3.8) is 0 Å². The van der Waals surface area contributed by atoms with Crippen LogP contribution in [0.15, 0.2) is 30.3 Å². The minimum absolute atomic E-state index is 0.238. The first kappa shape index (κ1) is 16.7. The highest BCUT2D eigenvalue weighted by atomic mass is 16.4. The molecule has 0 aliphatic heterocycles. The summed E-state index contributed by atoms with van der Waals surface area (Å²) in [5.41, 5.74) is 1.33. The van der Waals surface area contributed by atoms with Crippen molar-refractivity contribution in [1.29, 1.82) is 0 Å². The summed E-state index contributed by atoms with van der Waals surface area (Å²) in [6, 6.07) is 10.7. The molecular formula is C16H26N2O2. The standard InChI is InChI=1S/C16H26N2O2/c1-14(9-10-16(19)20)17-11-6-12-18(2)13-15-7-4-3-5-8-15/h3-5,7-8,14,17H,6,9-13H2,1-2H3,(H,19,20). The van der Waals surface area contributed by atoms with Gasteiger partial charge in [-0.15, -0.1) is 0 Å². The molecule has 112 valence electrons. The van der Waals surface area contributed by atoms with E-state index in [9.17, 15) is 4.79 Å². The lowest BCUT2D eigenvalue weighted by Gasteiger charge is -2.18. The zero-order chi connectivity index (χ0) is 14.8. The Morgan fingerprint density at radius 2 is 2.05 bits per heavy atom. The predicted molar refractivity (Wildman–Crippen MR) is 81.7 cm³/mol. The first-order chi connectivity index (χ1) is 9.58. The third-order valence-corrected chi connectivity index (χ3v) is 3.30. The molecule has 0 amide bonds. The summed E-state index contributed by atoms with van der Waals surface area (Å²) in [6.45, 7) is 4.97. The maximum Gasteiger partial charge on any atom is 0.303 e. The van der Waals surface area contributed by atoms with Gasteiger partial charge in [0.2, 0.25) is 0 Å². The smallest absolute Gasteiger partial charge is 0.303 e. The fourth-order valence-corrected chi connectivity index (χ4v) is 2.11. The third-order valence-electron chi connectivity index (χ3n) is 3.30. The second kappa shape index (κ2) is 9.50. The van der Waals surface area contributed by atoms with Crippen molar-refractivity contribution < 1.29 is 9.90 Å². The highest BCUT2D eigenvalue weighted by Crippen LogP contribution is 2.03. The Labute approximate surface area is 121 Å². The number of carboxylic acids is 1. The van der Waals surface area contributed by atoms with E-state index >= 15 is 0 Å². The average molecular weight is 278 g/mol. The van der Waals surface area contributed by atoms with Crippen LogP contribution >= 0.6 is 0 Å². The van der Waals surface area contributed by atoms with Crippen LogP contribution in [0.1, 0.15) is 31.7 Å². The summed E-state index contributed by atoms with van der Waals surface area (Å²) in [6.07, 6.45) is 2.00. The Hall–Kier alpha value is -1.39. The Morgan fingerprint density at radius 3 is 2.70 bits per heavy atom. The van der Waals surface area contributed by atoms with Gasteiger partial charge in [0.15, 0.2) is 0 Å². The zero-order valence-corrected chi connectivity index (χ0v) is 12.5. The normalized spacial score (nSPS) is 12.6. The van der Waals surface area contributed by atoms with E-state index in [0.717, 1.165) is 26.1 Å². The van der Waals surface area contributed by atoms with E-state index < -0.39 is 5.97 Å². The van der Waals surface area contributed by atoms with Gasteiger partial charge in [0.1, 0.15) is 0 Å². The molecule has 0 bridgehead atoms. The van der Waals surface area contributed by atoms with Gasteiger partial charge in [0, 0.05) is 19.0 Å². The third kappa shape index (κ3) is 7.92. The molecule has 0 aromatic heterocycles. The van der Waals surface area contributed by atoms with Crippen molar-refractivity contribution in [3.05, 3.63) is 35.9 Å². The Bertz CT molecular complexity index is 381. The number of hydrogen-bond donors (Lipinski definition) is 2. The quantitative estimate of drug-likeness (QED) is 0.645. The molecule has 1 rings (SSSR count). The van der Waals surface area contributed by atoms with Gasteiger partial charge in [-0.05, 0) is 45.5 Å². The summed E-state index contributed by atoms with van der Waals surface area (Å²) in [5.74, 6) is -0.721. The first-order valence-electron chi connectivity index (χ1n) is 7.25. The van der Waals surface area contributed by atoms with Gasteiger partial charge in [0.25, 0.3) is 0 Å². The van der Waals surface area contributed by atoms with Gasteiger partial charge < -0.3 is 15.3 Å². The minimum atomic E-state index is -0.721. The maximum absolute atomic E-state index is 10.5. The topological polar surface area (TPSA) is 52.6 Å². The molecule has 4 nitrogen and oxygen atoms in total. The molecule has 2 N–H and O–H groups in total. The molecule has 1 aromatic rings. The summed E-state index contributed by atoms with van der Waals surface area (Å²) in [5, 5.41) is 12.0. The van der Waals surface area contributed by atoms with E-state index in [1.165, 1.54) is 5.56 Å². The van der Waals surface area contributed by atoms with Crippen molar-refractivity contribution in [2.45, 2.75) is 38.8 Å². The van der Waals surface area contributed by atoms with Crippen LogP contribution in [-0.4, -0.2) is 42.2 Å². The molecule has 1 aromatic carbocycles. The van der Waals surface area contributed by atoms with Crippen molar-refractivity contribution >= 4 is 5.97 Å². The summed E-state index contributed by atoms with van der Waals surface area (Å²) in [7, 11) is 2.13. The molecule has 1 unspecified atom stereocenters. The first-order valence-corrected chi connectivity index (χ1v) is 7.25. The van der Waals surface area contributed by atoms with Crippen molar-refractivity contribution in [1.82, 2.24) is 10.2 Å². The number of hydrogen-bond acceptors (Lipinski definition) is 3. The number of nitrogens with one attached hydrogen (secondary N) is 1. The van der Waals surface area contributed by atoms with E-state index in [-0.39, 0.29) is 12.5 Å². The number of carboxylic acid groups (broad SMARTS) is 1. The van der Waals surface area contributed by atoms with E-state index in [2.05, 4.69) is 41.5 Å². The van der Waals surface area contributed by atoms with Crippen molar-refractivity contribution in [3.8, 4) is 0 Å². The Morgan fingerprint density at radius 1 is 1.35 bits per heavy atom. The van der Waals surface area contributed by atoms with Crippen LogP contribution in [0.2, 0.25) is 0 Å². The molecule has 4 heteroatoms. The molecule has 0 aliphatic rings. The molecule has 0 radical (unpaired) electrons. The molecule has 0 saturated heterocycles. The Balaban J connectivity index is 2.07. The monoisotopic (exact) mass is 278 g/mol. The average Bonchev–Trinajstić information content (AvgIpc) is 2.42. The molecule has 0 fully saturated rings. The second-order valence-corrected chi connectivity index (χ2v) is 5.36. The molecule has 20 heavy (non-hydrogen) atoms. The van der Waals surface area contributed by atoms with Crippen LogP contribution in [0.25, 0.3) is 0 Å². The van der Waals surface area contributed by atoms with Crippen LogP contribution in [-0.2, 0) is 11.3 Å². The molecule has 0 aliphatic carbocycles. The SMILES string of the molecule is CC(CCC(=O)O)NCCCN(C)Cc1ccccc1. The molecule has 1 atom stereocenters. The second-order valence-electron chi connectivity index (χ2n) is 5.36. The lowest BCUT2D eigenvalue weighted by molar-refractivity contribution is -0.137. The van der Waals surface area contributed by atoms with Gasteiger partial charge in [-0.1, -0.05) is 30.3 Å². The molecule has 0 heterocycles. The number of carbonyl (C=O) groups is 1. The highest BCUT2D eigenvalue weighted by molar-refractivity contribution is 5.66. The van der Waals surface area contributed by atoms with Gasteiger partial charge >= 0.3 is 5.97 Å². The van der Waals surface area contributed by atoms with Gasteiger partial charge in [-0.2, -0.15) is 0 Å². The van der Waals surface area contributed by atoms with E-state index in [0.29, 0.717) is 6.42 Å². The summed E-state index contributed by atoms with van der Waals surface area (Å²) >= 11 is 0. The van der Waals surface area contributed by atoms with Gasteiger partial charge in [-0.25, -0.2) is 0 Å². The Kier molecular flexibility index (Phi) is 7.92. The van der Waals surface area contributed by atoms with Crippen LogP contribution < -0.4 is 5.32 Å². The van der Waals surface area contributed by atoms with Crippen LogP contribution in [0, 0.1) is 0 Å². The van der Waals surface area contributed by atoms with E-state index in [1.807, 2.05) is 13.0 Å². The van der Waals surface area contributed by atoms with Crippen LogP contribution in [0.4, 0.5) is 0 Å². The largest absolute Gasteiger partial charge is 0.481 e. The fraction of sp³-hybridized carbons (Fsp3) is 0.562. The minimum Gasteiger partial charge on any atom is -0.481 e. The van der Waals surface area contributed by atoms with Gasteiger partial charge in [-0.3, -0.25) is 4.79 Å². The highest BCUT2D eigenvalue weighted by Gasteiger charge is 2.05. The van der Waals surface area contributed by atoms with Gasteiger partial charge in [0.05, 0.1) is 0 Å². The molecule has 0 spiro atoms. The molecule has 0 saturated carbocycles. The summed E-state index contributed by atoms with van der Waals surface area (Å²) < 4.78 is 0. The zero-order valence-electron chi connectivity index (χ0n) is 12.5. The number of nitrogens with zero attached hydrogens (tertiary/aromatic N) is 1. The molecular weight excluding hydrogens is 252 g/mol. The van der Waals surface area contributed by atoms with E-state index in [1.54, 1.807) is 0 Å².